The van der Waals surface area contributed by atoms with E-state index in [0.29, 0.717) is 11.4 Å². The van der Waals surface area contributed by atoms with Crippen molar-refractivity contribution in [2.45, 2.75) is 25.7 Å². The molecular formula is C18H19N5O3S. The first-order chi connectivity index (χ1) is 12.8. The molecule has 3 rings (SSSR count). The summed E-state index contributed by atoms with van der Waals surface area (Å²) in [5.41, 5.74) is 3.36. The van der Waals surface area contributed by atoms with Crippen molar-refractivity contribution in [3.63, 3.8) is 0 Å². The van der Waals surface area contributed by atoms with Crippen LogP contribution in [0, 0.1) is 20.8 Å². The van der Waals surface area contributed by atoms with E-state index in [1.54, 1.807) is 36.4 Å². The molecule has 0 saturated heterocycles. The summed E-state index contributed by atoms with van der Waals surface area (Å²) < 4.78 is 29.1. The van der Waals surface area contributed by atoms with Crippen LogP contribution in [0.5, 0.6) is 0 Å². The van der Waals surface area contributed by atoms with Crippen LogP contribution in [0.1, 0.15) is 17.0 Å². The molecule has 0 saturated carbocycles. The molecule has 3 aromatic rings. The fourth-order valence-electron chi connectivity index (χ4n) is 2.56. The van der Waals surface area contributed by atoms with Crippen molar-refractivity contribution in [3.8, 4) is 5.69 Å². The number of carbonyl (C=O) groups excluding carboxylic acids is 1. The van der Waals surface area contributed by atoms with Crippen LogP contribution >= 0.6 is 0 Å². The first-order valence-corrected chi connectivity index (χ1v) is 9.64. The van der Waals surface area contributed by atoms with Gasteiger partial charge in [-0.3, -0.25) is 4.98 Å². The molecule has 0 aliphatic rings. The maximum atomic E-state index is 12.8. The van der Waals surface area contributed by atoms with E-state index >= 15 is 0 Å². The molecule has 0 unspecified atom stereocenters. The van der Waals surface area contributed by atoms with Crippen LogP contribution < -0.4 is 10.0 Å². The third-order valence-corrected chi connectivity index (χ3v) is 5.54. The number of hydrogen-bond donors (Lipinski definition) is 2. The fourth-order valence-corrected chi connectivity index (χ4v) is 3.60. The van der Waals surface area contributed by atoms with Gasteiger partial charge >= 0.3 is 6.03 Å². The van der Waals surface area contributed by atoms with Gasteiger partial charge in [0.05, 0.1) is 11.4 Å². The quantitative estimate of drug-likeness (QED) is 0.718. The van der Waals surface area contributed by atoms with Gasteiger partial charge in [-0.1, -0.05) is 18.2 Å². The number of pyridine rings is 1. The van der Waals surface area contributed by atoms with E-state index in [1.165, 1.54) is 17.1 Å². The molecule has 2 aromatic heterocycles. The molecule has 0 aliphatic carbocycles. The lowest BCUT2D eigenvalue weighted by Gasteiger charge is -2.13. The van der Waals surface area contributed by atoms with Crippen molar-refractivity contribution >= 4 is 21.7 Å². The molecular weight excluding hydrogens is 366 g/mol. The van der Waals surface area contributed by atoms with E-state index < -0.39 is 16.1 Å². The number of anilines is 1. The number of urea groups is 1. The Labute approximate surface area is 157 Å². The zero-order chi connectivity index (χ0) is 19.6. The number of nitrogens with one attached hydrogen (secondary N) is 2. The van der Waals surface area contributed by atoms with Gasteiger partial charge in [-0.2, -0.15) is 5.10 Å². The highest BCUT2D eigenvalue weighted by atomic mass is 32.2. The highest BCUT2D eigenvalue weighted by Gasteiger charge is 2.24. The lowest BCUT2D eigenvalue weighted by Crippen LogP contribution is -2.35. The summed E-state index contributed by atoms with van der Waals surface area (Å²) in [6.07, 6.45) is 2.67. The number of para-hydroxylation sites is 1. The Kier molecular flexibility index (Phi) is 4.95. The molecule has 0 aliphatic heterocycles. The maximum Gasteiger partial charge on any atom is 0.333 e. The van der Waals surface area contributed by atoms with Crippen molar-refractivity contribution in [1.82, 2.24) is 19.5 Å². The minimum absolute atomic E-state index is 0.140. The third-order valence-electron chi connectivity index (χ3n) is 4.19. The standard InChI is InChI=1S/C18H19N5O3S/c1-12-13(2)21-23(14(12)3)16-9-10-19-11-17(16)27(25,26)22-18(24)20-15-7-5-4-6-8-15/h4-11H,1-3H3,(H2,20,22,24). The van der Waals surface area contributed by atoms with E-state index in [4.69, 9.17) is 0 Å². The molecule has 0 spiro atoms. The third kappa shape index (κ3) is 3.82. The lowest BCUT2D eigenvalue weighted by atomic mass is 10.2. The Morgan fingerprint density at radius 2 is 1.78 bits per heavy atom. The Balaban J connectivity index is 1.93. The van der Waals surface area contributed by atoms with Crippen molar-refractivity contribution in [1.29, 1.82) is 0 Å². The number of rotatable bonds is 4. The zero-order valence-corrected chi connectivity index (χ0v) is 15.9. The van der Waals surface area contributed by atoms with Crippen LogP contribution in [0.25, 0.3) is 5.69 Å². The van der Waals surface area contributed by atoms with E-state index in [9.17, 15) is 13.2 Å². The average molecular weight is 385 g/mol. The van der Waals surface area contributed by atoms with E-state index in [1.807, 2.05) is 25.5 Å². The van der Waals surface area contributed by atoms with Crippen LogP contribution in [0.15, 0.2) is 53.7 Å². The molecule has 1 aromatic carbocycles. The minimum atomic E-state index is -4.16. The monoisotopic (exact) mass is 385 g/mol. The van der Waals surface area contributed by atoms with Crippen molar-refractivity contribution in [2.75, 3.05) is 5.32 Å². The molecule has 9 heteroatoms. The van der Waals surface area contributed by atoms with E-state index in [2.05, 4.69) is 15.4 Å². The van der Waals surface area contributed by atoms with Gasteiger partial charge < -0.3 is 5.32 Å². The highest BCUT2D eigenvalue weighted by Crippen LogP contribution is 2.22. The van der Waals surface area contributed by atoms with Gasteiger partial charge in [0.1, 0.15) is 4.90 Å². The van der Waals surface area contributed by atoms with Gasteiger partial charge in [0.25, 0.3) is 10.0 Å². The molecule has 2 amide bonds. The molecule has 0 atom stereocenters. The number of aromatic nitrogens is 3. The summed E-state index contributed by atoms with van der Waals surface area (Å²) in [7, 11) is -4.16. The lowest BCUT2D eigenvalue weighted by molar-refractivity contribution is 0.256. The van der Waals surface area contributed by atoms with Crippen molar-refractivity contribution in [3.05, 3.63) is 65.7 Å². The second-order valence-corrected chi connectivity index (χ2v) is 7.63. The number of sulfonamides is 1. The second kappa shape index (κ2) is 7.20. The van der Waals surface area contributed by atoms with Gasteiger partial charge in [0.2, 0.25) is 0 Å². The van der Waals surface area contributed by atoms with Gasteiger partial charge in [-0.15, -0.1) is 0 Å². The predicted molar refractivity (Wildman–Crippen MR) is 101 cm³/mol. The van der Waals surface area contributed by atoms with Crippen LogP contribution in [0.3, 0.4) is 0 Å². The van der Waals surface area contributed by atoms with Crippen molar-refractivity contribution < 1.29 is 13.2 Å². The number of benzene rings is 1. The van der Waals surface area contributed by atoms with Crippen LogP contribution in [0.2, 0.25) is 0 Å². The molecule has 0 bridgehead atoms. The van der Waals surface area contributed by atoms with Gasteiger partial charge in [-0.05, 0) is 44.5 Å². The fraction of sp³-hybridized carbons (Fsp3) is 0.167. The summed E-state index contributed by atoms with van der Waals surface area (Å²) in [6.45, 7) is 5.61. The molecule has 8 nitrogen and oxygen atoms in total. The largest absolute Gasteiger partial charge is 0.333 e. The Morgan fingerprint density at radius 3 is 2.41 bits per heavy atom. The summed E-state index contributed by atoms with van der Waals surface area (Å²) >= 11 is 0. The summed E-state index contributed by atoms with van der Waals surface area (Å²) in [6, 6.07) is 9.24. The van der Waals surface area contributed by atoms with E-state index in [0.717, 1.165) is 17.0 Å². The first-order valence-electron chi connectivity index (χ1n) is 8.15. The zero-order valence-electron chi connectivity index (χ0n) is 15.1. The summed E-state index contributed by atoms with van der Waals surface area (Å²) in [4.78, 5) is 15.9. The highest BCUT2D eigenvalue weighted by molar-refractivity contribution is 7.90. The molecule has 2 heterocycles. The maximum absolute atomic E-state index is 12.8. The number of aryl methyl sites for hydroxylation is 1. The minimum Gasteiger partial charge on any atom is -0.307 e. The smallest absolute Gasteiger partial charge is 0.307 e. The SMILES string of the molecule is Cc1nn(-c2ccncc2S(=O)(=O)NC(=O)Nc2ccccc2)c(C)c1C. The Hall–Kier alpha value is -3.20. The predicted octanol–water partition coefficient (Wildman–Crippen LogP) is 2.70. The average Bonchev–Trinajstić information content (AvgIpc) is 2.89. The topological polar surface area (TPSA) is 106 Å². The number of nitrogens with zero attached hydrogens (tertiary/aromatic N) is 3. The second-order valence-electron chi connectivity index (χ2n) is 5.98. The normalized spacial score (nSPS) is 11.2. The molecule has 27 heavy (non-hydrogen) atoms. The van der Waals surface area contributed by atoms with Crippen LogP contribution in [0.4, 0.5) is 10.5 Å². The molecule has 0 fully saturated rings. The summed E-state index contributed by atoms with van der Waals surface area (Å²) in [5.74, 6) is 0. The van der Waals surface area contributed by atoms with Crippen LogP contribution in [-0.2, 0) is 10.0 Å². The first kappa shape index (κ1) is 18.6. The van der Waals surface area contributed by atoms with Crippen molar-refractivity contribution in [2.24, 2.45) is 0 Å². The molecule has 140 valence electrons. The molecule has 2 N–H and O–H groups in total. The van der Waals surface area contributed by atoms with Gasteiger partial charge in [-0.25, -0.2) is 22.6 Å². The summed E-state index contributed by atoms with van der Waals surface area (Å²) in [5, 5.41) is 6.88. The van der Waals surface area contributed by atoms with Gasteiger partial charge in [0, 0.05) is 23.8 Å². The Morgan fingerprint density at radius 1 is 1.07 bits per heavy atom. The molecule has 0 radical (unpaired) electrons. The number of carbonyl (C=O) groups is 1. The van der Waals surface area contributed by atoms with Gasteiger partial charge in [0.15, 0.2) is 0 Å². The number of hydrogen-bond acceptors (Lipinski definition) is 5. The van der Waals surface area contributed by atoms with Crippen LogP contribution in [-0.4, -0.2) is 29.2 Å². The van der Waals surface area contributed by atoms with E-state index in [-0.39, 0.29) is 4.90 Å². The number of amides is 2. The Bertz CT molecular complexity index is 1090.